The van der Waals surface area contributed by atoms with Crippen LogP contribution in [0, 0.1) is 12.7 Å². The minimum Gasteiger partial charge on any atom is -0.406 e. The Bertz CT molecular complexity index is 665. The highest BCUT2D eigenvalue weighted by Gasteiger charge is 2.23. The number of carbonyl (C=O) groups is 1. The molecule has 0 aliphatic carbocycles. The highest BCUT2D eigenvalue weighted by molar-refractivity contribution is 6.03. The largest absolute Gasteiger partial charge is 0.406 e. The molecule has 1 aliphatic rings. The van der Waals surface area contributed by atoms with E-state index >= 15 is 0 Å². The Balaban J connectivity index is 1.74. The molecule has 2 heterocycles. The van der Waals surface area contributed by atoms with Crippen LogP contribution in [0.2, 0.25) is 0 Å². The minimum absolute atomic E-state index is 0.0235. The number of carbonyl (C=O) groups excluding carboxylic acids is 1. The number of amides is 1. The third-order valence-corrected chi connectivity index (χ3v) is 3.46. The van der Waals surface area contributed by atoms with Gasteiger partial charge in [0.15, 0.2) is 0 Å². The highest BCUT2D eigenvalue weighted by atomic mass is 19.1. The van der Waals surface area contributed by atoms with Crippen molar-refractivity contribution in [3.05, 3.63) is 41.0 Å². The number of nitrogens with zero attached hydrogens (tertiary/aromatic N) is 2. The quantitative estimate of drug-likeness (QED) is 0.905. The highest BCUT2D eigenvalue weighted by Crippen LogP contribution is 2.23. The predicted octanol–water partition coefficient (Wildman–Crippen LogP) is 2.19. The van der Waals surface area contributed by atoms with Gasteiger partial charge in [0.1, 0.15) is 5.82 Å². The van der Waals surface area contributed by atoms with Crippen LogP contribution in [-0.4, -0.2) is 22.6 Å². The summed E-state index contributed by atoms with van der Waals surface area (Å²) in [6, 6.07) is 4.63. The Kier molecular flexibility index (Phi) is 3.66. The molecule has 0 spiro atoms. The molecule has 21 heavy (non-hydrogen) atoms. The lowest BCUT2D eigenvalue weighted by Gasteiger charge is -2.04. The van der Waals surface area contributed by atoms with Crippen LogP contribution >= 0.6 is 0 Å². The van der Waals surface area contributed by atoms with Crippen molar-refractivity contribution in [2.24, 2.45) is 0 Å². The summed E-state index contributed by atoms with van der Waals surface area (Å²) < 4.78 is 19.3. The first-order valence-corrected chi connectivity index (χ1v) is 6.78. The van der Waals surface area contributed by atoms with Gasteiger partial charge in [0.2, 0.25) is 5.89 Å². The maximum Gasteiger partial charge on any atom is 0.322 e. The van der Waals surface area contributed by atoms with E-state index in [-0.39, 0.29) is 17.6 Å². The van der Waals surface area contributed by atoms with Crippen LogP contribution in [0.5, 0.6) is 0 Å². The van der Waals surface area contributed by atoms with Crippen LogP contribution < -0.4 is 10.6 Å². The van der Waals surface area contributed by atoms with Gasteiger partial charge in [0, 0.05) is 0 Å². The Hall–Kier alpha value is -2.28. The van der Waals surface area contributed by atoms with Gasteiger partial charge in [-0.2, -0.15) is 0 Å². The zero-order chi connectivity index (χ0) is 14.8. The molecule has 2 N–H and O–H groups in total. The van der Waals surface area contributed by atoms with E-state index in [2.05, 4.69) is 20.8 Å². The Morgan fingerprint density at radius 2 is 2.33 bits per heavy atom. The first-order valence-electron chi connectivity index (χ1n) is 6.78. The van der Waals surface area contributed by atoms with Gasteiger partial charge in [-0.1, -0.05) is 17.2 Å². The van der Waals surface area contributed by atoms with Gasteiger partial charge >= 0.3 is 6.01 Å². The van der Waals surface area contributed by atoms with Gasteiger partial charge in [-0.3, -0.25) is 10.1 Å². The normalized spacial score (nSPS) is 17.9. The molecule has 110 valence electrons. The second-order valence-corrected chi connectivity index (χ2v) is 4.98. The lowest BCUT2D eigenvalue weighted by molar-refractivity contribution is 0.102. The van der Waals surface area contributed by atoms with Crippen molar-refractivity contribution in [1.29, 1.82) is 0 Å². The van der Waals surface area contributed by atoms with Crippen LogP contribution in [0.25, 0.3) is 0 Å². The summed E-state index contributed by atoms with van der Waals surface area (Å²) in [5, 5.41) is 13.3. The molecule has 1 aromatic carbocycles. The van der Waals surface area contributed by atoms with Gasteiger partial charge in [-0.25, -0.2) is 4.39 Å². The third-order valence-electron chi connectivity index (χ3n) is 3.46. The van der Waals surface area contributed by atoms with Gasteiger partial charge in [-0.05, 0) is 37.9 Å². The number of nitrogens with one attached hydrogen (secondary N) is 2. The van der Waals surface area contributed by atoms with Crippen molar-refractivity contribution in [3.8, 4) is 0 Å². The first kappa shape index (κ1) is 13.7. The van der Waals surface area contributed by atoms with Crippen molar-refractivity contribution >= 4 is 11.9 Å². The van der Waals surface area contributed by atoms with Crippen molar-refractivity contribution in [1.82, 2.24) is 15.5 Å². The Morgan fingerprint density at radius 1 is 1.48 bits per heavy atom. The van der Waals surface area contributed by atoms with E-state index in [4.69, 9.17) is 4.42 Å². The molecular formula is C14H15FN4O2. The van der Waals surface area contributed by atoms with E-state index < -0.39 is 11.7 Å². The van der Waals surface area contributed by atoms with Crippen LogP contribution in [0.4, 0.5) is 10.4 Å². The average Bonchev–Trinajstić information content (AvgIpc) is 3.12. The Morgan fingerprint density at radius 3 is 3.10 bits per heavy atom. The molecule has 1 fully saturated rings. The van der Waals surface area contributed by atoms with Crippen LogP contribution in [-0.2, 0) is 0 Å². The lowest BCUT2D eigenvalue weighted by Crippen LogP contribution is -2.14. The molecule has 0 bridgehead atoms. The van der Waals surface area contributed by atoms with Crippen molar-refractivity contribution < 1.29 is 13.6 Å². The molecule has 0 radical (unpaired) electrons. The van der Waals surface area contributed by atoms with Gasteiger partial charge in [-0.15, -0.1) is 5.10 Å². The van der Waals surface area contributed by atoms with Crippen LogP contribution in [0.1, 0.15) is 40.7 Å². The molecule has 3 rings (SSSR count). The molecule has 1 amide bonds. The van der Waals surface area contributed by atoms with E-state index in [1.165, 1.54) is 6.07 Å². The van der Waals surface area contributed by atoms with E-state index in [1.54, 1.807) is 19.1 Å². The molecule has 2 aromatic rings. The maximum absolute atomic E-state index is 13.9. The van der Waals surface area contributed by atoms with Crippen molar-refractivity contribution in [2.45, 2.75) is 25.8 Å². The summed E-state index contributed by atoms with van der Waals surface area (Å²) in [5.74, 6) is -0.717. The second-order valence-electron chi connectivity index (χ2n) is 4.98. The average molecular weight is 290 g/mol. The number of halogens is 1. The van der Waals surface area contributed by atoms with Gasteiger partial charge in [0.25, 0.3) is 5.91 Å². The number of aryl methyl sites for hydroxylation is 1. The van der Waals surface area contributed by atoms with E-state index in [0.717, 1.165) is 19.4 Å². The van der Waals surface area contributed by atoms with Gasteiger partial charge in [0.05, 0.1) is 11.6 Å². The molecule has 1 aliphatic heterocycles. The fourth-order valence-electron chi connectivity index (χ4n) is 2.31. The topological polar surface area (TPSA) is 80.0 Å². The molecule has 1 unspecified atom stereocenters. The molecular weight excluding hydrogens is 275 g/mol. The fourth-order valence-corrected chi connectivity index (χ4v) is 2.31. The third kappa shape index (κ3) is 2.78. The fraction of sp³-hybridized carbons (Fsp3) is 0.357. The number of rotatable bonds is 3. The number of aromatic nitrogens is 2. The standard InChI is InChI=1S/C14H15FN4O2/c1-8-4-2-5-9(11(8)15)12(20)17-14-19-18-13(21-14)10-6-3-7-16-10/h2,4-5,10,16H,3,6-7H2,1H3,(H,17,19,20). The monoisotopic (exact) mass is 290 g/mol. The molecule has 1 aromatic heterocycles. The summed E-state index contributed by atoms with van der Waals surface area (Å²) >= 11 is 0. The smallest absolute Gasteiger partial charge is 0.322 e. The molecule has 1 saturated heterocycles. The summed E-state index contributed by atoms with van der Waals surface area (Å²) in [6.07, 6.45) is 1.96. The molecule has 0 saturated carbocycles. The summed E-state index contributed by atoms with van der Waals surface area (Å²) in [6.45, 7) is 2.51. The minimum atomic E-state index is -0.606. The lowest BCUT2D eigenvalue weighted by atomic mass is 10.1. The zero-order valence-corrected chi connectivity index (χ0v) is 11.5. The maximum atomic E-state index is 13.9. The SMILES string of the molecule is Cc1cccc(C(=O)Nc2nnc(C3CCCN3)o2)c1F. The second kappa shape index (κ2) is 5.61. The predicted molar refractivity (Wildman–Crippen MR) is 73.4 cm³/mol. The number of hydrogen-bond donors (Lipinski definition) is 2. The number of anilines is 1. The number of benzene rings is 1. The van der Waals surface area contributed by atoms with E-state index in [1.807, 2.05) is 0 Å². The summed E-state index contributed by atoms with van der Waals surface area (Å²) in [5.41, 5.74) is 0.359. The number of hydrogen-bond acceptors (Lipinski definition) is 5. The van der Waals surface area contributed by atoms with E-state index in [9.17, 15) is 9.18 Å². The molecule has 6 nitrogen and oxygen atoms in total. The van der Waals surface area contributed by atoms with E-state index in [0.29, 0.717) is 11.5 Å². The zero-order valence-electron chi connectivity index (χ0n) is 11.5. The summed E-state index contributed by atoms with van der Waals surface area (Å²) in [4.78, 5) is 12.0. The first-order chi connectivity index (χ1) is 10.1. The molecule has 7 heteroatoms. The Labute approximate surface area is 120 Å². The van der Waals surface area contributed by atoms with Crippen LogP contribution in [0.3, 0.4) is 0 Å². The molecule has 1 atom stereocenters. The van der Waals surface area contributed by atoms with Gasteiger partial charge < -0.3 is 9.73 Å². The van der Waals surface area contributed by atoms with Crippen molar-refractivity contribution in [2.75, 3.05) is 11.9 Å². The van der Waals surface area contributed by atoms with Crippen LogP contribution in [0.15, 0.2) is 22.6 Å². The summed E-state index contributed by atoms with van der Waals surface area (Å²) in [7, 11) is 0. The van der Waals surface area contributed by atoms with Crippen molar-refractivity contribution in [3.63, 3.8) is 0 Å².